The normalized spacial score (nSPS) is 16.6. The number of nitrogens with one attached hydrogen (secondary N) is 1. The first kappa shape index (κ1) is 13.8. The Kier molecular flexibility index (Phi) is 4.62. The fourth-order valence-electron chi connectivity index (χ4n) is 2.20. The van der Waals surface area contributed by atoms with Gasteiger partial charge in [0.2, 0.25) is 0 Å². The second kappa shape index (κ2) is 6.02. The zero-order valence-electron chi connectivity index (χ0n) is 9.81. The summed E-state index contributed by atoms with van der Waals surface area (Å²) in [5.74, 6) is -0.821. The molecule has 0 unspecified atom stereocenters. The Labute approximate surface area is 119 Å². The van der Waals surface area contributed by atoms with Crippen molar-refractivity contribution >= 4 is 33.4 Å². The average molecular weight is 335 g/mol. The number of carbonyl (C=O) groups excluding carboxylic acids is 1. The summed E-state index contributed by atoms with van der Waals surface area (Å²) in [5, 5.41) is 2.94. The first-order chi connectivity index (χ1) is 8.58. The maximum atomic E-state index is 13.4. The zero-order valence-corrected chi connectivity index (χ0v) is 12.2. The molecule has 0 bridgehead atoms. The smallest absolute Gasteiger partial charge is 0.251 e. The van der Waals surface area contributed by atoms with Crippen LogP contribution in [0.1, 0.15) is 42.5 Å². The number of halogens is 3. The van der Waals surface area contributed by atoms with Crippen LogP contribution in [-0.4, -0.2) is 11.9 Å². The number of benzene rings is 1. The Morgan fingerprint density at radius 3 is 2.61 bits per heavy atom. The quantitative estimate of drug-likeness (QED) is 0.803. The van der Waals surface area contributed by atoms with Crippen molar-refractivity contribution in [3.8, 4) is 0 Å². The van der Waals surface area contributed by atoms with Gasteiger partial charge in [0.25, 0.3) is 5.91 Å². The first-order valence-electron chi connectivity index (χ1n) is 6.03. The van der Waals surface area contributed by atoms with E-state index >= 15 is 0 Å². The highest BCUT2D eigenvalue weighted by atomic mass is 79.9. The lowest BCUT2D eigenvalue weighted by Crippen LogP contribution is -2.36. The molecule has 1 aliphatic rings. The molecule has 1 amide bonds. The van der Waals surface area contributed by atoms with Crippen LogP contribution in [0.4, 0.5) is 4.39 Å². The van der Waals surface area contributed by atoms with Crippen molar-refractivity contribution in [2.24, 2.45) is 0 Å². The van der Waals surface area contributed by atoms with Gasteiger partial charge in [-0.1, -0.05) is 30.9 Å². The predicted molar refractivity (Wildman–Crippen MR) is 73.4 cm³/mol. The monoisotopic (exact) mass is 333 g/mol. The largest absolute Gasteiger partial charge is 0.349 e. The van der Waals surface area contributed by atoms with E-state index in [1.165, 1.54) is 12.5 Å². The third-order valence-electron chi connectivity index (χ3n) is 3.19. The van der Waals surface area contributed by atoms with Crippen molar-refractivity contribution in [2.75, 3.05) is 0 Å². The third kappa shape index (κ3) is 3.23. The number of amides is 1. The molecule has 98 valence electrons. The number of rotatable bonds is 2. The van der Waals surface area contributed by atoms with Crippen LogP contribution in [-0.2, 0) is 0 Å². The summed E-state index contributed by atoms with van der Waals surface area (Å²) in [7, 11) is 0. The summed E-state index contributed by atoms with van der Waals surface area (Å²) in [5.41, 5.74) is 0.300. The minimum absolute atomic E-state index is 0.00390. The standard InChI is InChI=1S/C13H14BrClFNO/c14-10-6-8(7-11(16)12(10)15)13(18)17-9-4-2-1-3-5-9/h6-7,9H,1-5H2,(H,17,18). The molecule has 5 heteroatoms. The van der Waals surface area contributed by atoms with E-state index in [4.69, 9.17) is 11.6 Å². The second-order valence-electron chi connectivity index (χ2n) is 4.56. The Bertz CT molecular complexity index is 437. The summed E-state index contributed by atoms with van der Waals surface area (Å²) in [4.78, 5) is 12.0. The SMILES string of the molecule is O=C(NC1CCCCC1)c1cc(F)c(Cl)c(Br)c1. The molecule has 1 N–H and O–H groups in total. The number of hydrogen-bond acceptors (Lipinski definition) is 1. The van der Waals surface area contributed by atoms with Crippen LogP contribution in [0.5, 0.6) is 0 Å². The minimum Gasteiger partial charge on any atom is -0.349 e. The molecule has 0 aromatic heterocycles. The summed E-state index contributed by atoms with van der Waals surface area (Å²) in [6.45, 7) is 0. The molecule has 2 nitrogen and oxygen atoms in total. The molecule has 0 radical (unpaired) electrons. The lowest BCUT2D eigenvalue weighted by atomic mass is 9.95. The van der Waals surface area contributed by atoms with Gasteiger partial charge in [-0.3, -0.25) is 4.79 Å². The van der Waals surface area contributed by atoms with Gasteiger partial charge in [-0.15, -0.1) is 0 Å². The van der Waals surface area contributed by atoms with Crippen molar-refractivity contribution in [1.82, 2.24) is 5.32 Å². The Morgan fingerprint density at radius 1 is 1.33 bits per heavy atom. The number of carbonyl (C=O) groups is 1. The maximum absolute atomic E-state index is 13.4. The molecule has 0 atom stereocenters. The Morgan fingerprint density at radius 2 is 2.00 bits per heavy atom. The average Bonchev–Trinajstić information content (AvgIpc) is 2.36. The highest BCUT2D eigenvalue weighted by molar-refractivity contribution is 9.10. The van der Waals surface area contributed by atoms with Crippen LogP contribution < -0.4 is 5.32 Å². The van der Waals surface area contributed by atoms with Crippen molar-refractivity contribution in [2.45, 2.75) is 38.1 Å². The molecule has 2 rings (SSSR count). The molecule has 1 aromatic rings. The van der Waals surface area contributed by atoms with E-state index in [9.17, 15) is 9.18 Å². The van der Waals surface area contributed by atoms with Gasteiger partial charge in [0.1, 0.15) is 5.82 Å². The molecule has 18 heavy (non-hydrogen) atoms. The van der Waals surface area contributed by atoms with Crippen LogP contribution in [0.3, 0.4) is 0 Å². The van der Waals surface area contributed by atoms with Gasteiger partial charge in [0.15, 0.2) is 0 Å². The number of hydrogen-bond donors (Lipinski definition) is 1. The molecule has 1 aliphatic carbocycles. The third-order valence-corrected chi connectivity index (χ3v) is 4.42. The fraction of sp³-hybridized carbons (Fsp3) is 0.462. The highest BCUT2D eigenvalue weighted by Crippen LogP contribution is 2.27. The van der Waals surface area contributed by atoms with Gasteiger partial charge < -0.3 is 5.32 Å². The summed E-state index contributed by atoms with van der Waals surface area (Å²) in [6.07, 6.45) is 5.52. The van der Waals surface area contributed by atoms with Crippen molar-refractivity contribution in [1.29, 1.82) is 0 Å². The van der Waals surface area contributed by atoms with Crippen molar-refractivity contribution in [3.63, 3.8) is 0 Å². The predicted octanol–water partition coefficient (Wildman–Crippen LogP) is 4.30. The molecular weight excluding hydrogens is 321 g/mol. The minimum atomic E-state index is -0.583. The lowest BCUT2D eigenvalue weighted by molar-refractivity contribution is 0.0927. The Hall–Kier alpha value is -0.610. The van der Waals surface area contributed by atoms with Gasteiger partial charge in [0.05, 0.1) is 5.02 Å². The van der Waals surface area contributed by atoms with Crippen LogP contribution in [0.15, 0.2) is 16.6 Å². The Balaban J connectivity index is 2.08. The van der Waals surface area contributed by atoms with Crippen LogP contribution >= 0.6 is 27.5 Å². The maximum Gasteiger partial charge on any atom is 0.251 e. The zero-order chi connectivity index (χ0) is 13.1. The molecule has 0 saturated heterocycles. The van der Waals surface area contributed by atoms with Gasteiger partial charge in [-0.25, -0.2) is 4.39 Å². The first-order valence-corrected chi connectivity index (χ1v) is 7.20. The van der Waals surface area contributed by atoms with E-state index in [0.717, 1.165) is 25.7 Å². The van der Waals surface area contributed by atoms with E-state index < -0.39 is 5.82 Å². The summed E-state index contributed by atoms with van der Waals surface area (Å²) in [6, 6.07) is 2.93. The van der Waals surface area contributed by atoms with E-state index in [-0.39, 0.29) is 17.0 Å². The van der Waals surface area contributed by atoms with E-state index in [0.29, 0.717) is 10.0 Å². The molecule has 0 aliphatic heterocycles. The molecule has 0 heterocycles. The van der Waals surface area contributed by atoms with E-state index in [2.05, 4.69) is 21.2 Å². The highest BCUT2D eigenvalue weighted by Gasteiger charge is 2.18. The van der Waals surface area contributed by atoms with Crippen LogP contribution in [0.25, 0.3) is 0 Å². The molecular formula is C13H14BrClFNO. The second-order valence-corrected chi connectivity index (χ2v) is 5.79. The van der Waals surface area contributed by atoms with Gasteiger partial charge >= 0.3 is 0 Å². The van der Waals surface area contributed by atoms with Gasteiger partial charge in [0, 0.05) is 16.1 Å². The van der Waals surface area contributed by atoms with Gasteiger partial charge in [-0.05, 0) is 40.9 Å². The summed E-state index contributed by atoms with van der Waals surface area (Å²) < 4.78 is 13.8. The summed E-state index contributed by atoms with van der Waals surface area (Å²) >= 11 is 8.83. The van der Waals surface area contributed by atoms with E-state index in [1.807, 2.05) is 0 Å². The fourth-order valence-corrected chi connectivity index (χ4v) is 2.75. The van der Waals surface area contributed by atoms with E-state index in [1.54, 1.807) is 6.07 Å². The molecule has 1 aromatic carbocycles. The van der Waals surface area contributed by atoms with Gasteiger partial charge in [-0.2, -0.15) is 0 Å². The molecule has 0 spiro atoms. The van der Waals surface area contributed by atoms with Crippen molar-refractivity contribution in [3.05, 3.63) is 33.0 Å². The topological polar surface area (TPSA) is 29.1 Å². The van der Waals surface area contributed by atoms with Crippen LogP contribution in [0, 0.1) is 5.82 Å². The molecule has 1 fully saturated rings. The lowest BCUT2D eigenvalue weighted by Gasteiger charge is -2.22. The van der Waals surface area contributed by atoms with Crippen molar-refractivity contribution < 1.29 is 9.18 Å². The van der Waals surface area contributed by atoms with Crippen LogP contribution in [0.2, 0.25) is 5.02 Å². The molecule has 1 saturated carbocycles.